The molecule has 1 atom stereocenters. The monoisotopic (exact) mass is 298 g/mol. The molecule has 0 radical (unpaired) electrons. The molecule has 1 amide bonds. The number of hydrogen-bond donors (Lipinski definition) is 1. The van der Waals surface area contributed by atoms with E-state index < -0.39 is 10.9 Å². The number of rotatable bonds is 6. The number of hydrogen-bond acceptors (Lipinski definition) is 6. The van der Waals surface area contributed by atoms with E-state index in [0.717, 1.165) is 24.2 Å². The number of thiophene rings is 1. The van der Waals surface area contributed by atoms with Crippen molar-refractivity contribution in [2.45, 2.75) is 25.8 Å². The topological polar surface area (TPSA) is 98.5 Å². The first-order valence-electron chi connectivity index (χ1n) is 6.18. The van der Waals surface area contributed by atoms with E-state index in [4.69, 9.17) is 4.74 Å². The van der Waals surface area contributed by atoms with Gasteiger partial charge in [0.2, 0.25) is 0 Å². The average Bonchev–Trinajstić information content (AvgIpc) is 3.12. The molecule has 7 nitrogen and oxygen atoms in total. The highest BCUT2D eigenvalue weighted by atomic mass is 32.1. The van der Waals surface area contributed by atoms with Crippen LogP contribution in [0, 0.1) is 16.0 Å². The Kier molecular flexibility index (Phi) is 4.33. The van der Waals surface area contributed by atoms with E-state index in [1.807, 2.05) is 6.92 Å². The normalized spacial score (nSPS) is 15.4. The van der Waals surface area contributed by atoms with Crippen LogP contribution >= 0.6 is 11.3 Å². The zero-order chi connectivity index (χ0) is 14.7. The molecule has 0 aliphatic heterocycles. The van der Waals surface area contributed by atoms with Crippen molar-refractivity contribution in [2.24, 2.45) is 5.92 Å². The van der Waals surface area contributed by atoms with E-state index in [9.17, 15) is 19.7 Å². The van der Waals surface area contributed by atoms with Gasteiger partial charge >= 0.3 is 11.0 Å². The molecule has 1 aromatic rings. The summed E-state index contributed by atoms with van der Waals surface area (Å²) >= 11 is 0.724. The molecular weight excluding hydrogens is 284 g/mol. The molecule has 0 unspecified atom stereocenters. The molecule has 0 spiro atoms. The third-order valence-electron chi connectivity index (χ3n) is 3.03. The second-order valence-electron chi connectivity index (χ2n) is 4.66. The lowest BCUT2D eigenvalue weighted by Crippen LogP contribution is -2.37. The van der Waals surface area contributed by atoms with Crippen molar-refractivity contribution >= 4 is 28.2 Å². The van der Waals surface area contributed by atoms with Crippen molar-refractivity contribution in [3.05, 3.63) is 27.1 Å². The Balaban J connectivity index is 1.78. The smallest absolute Gasteiger partial charge is 0.349 e. The van der Waals surface area contributed by atoms with Crippen molar-refractivity contribution in [1.82, 2.24) is 5.32 Å². The van der Waals surface area contributed by atoms with E-state index >= 15 is 0 Å². The van der Waals surface area contributed by atoms with Gasteiger partial charge in [-0.1, -0.05) is 11.3 Å². The Labute approximate surface area is 119 Å². The molecule has 108 valence electrons. The maximum atomic E-state index is 11.6. The summed E-state index contributed by atoms with van der Waals surface area (Å²) in [5, 5.41) is 13.1. The molecule has 20 heavy (non-hydrogen) atoms. The minimum atomic E-state index is -0.725. The van der Waals surface area contributed by atoms with Crippen LogP contribution in [-0.2, 0) is 9.53 Å². The lowest BCUT2D eigenvalue weighted by atomic mass is 10.2. The van der Waals surface area contributed by atoms with Crippen molar-refractivity contribution in [3.8, 4) is 0 Å². The summed E-state index contributed by atoms with van der Waals surface area (Å²) in [5.41, 5.74) is 0. The van der Waals surface area contributed by atoms with Crippen molar-refractivity contribution < 1.29 is 19.2 Å². The van der Waals surface area contributed by atoms with E-state index in [2.05, 4.69) is 5.32 Å². The highest BCUT2D eigenvalue weighted by Crippen LogP contribution is 2.32. The first-order valence-corrected chi connectivity index (χ1v) is 6.99. The van der Waals surface area contributed by atoms with Gasteiger partial charge < -0.3 is 10.1 Å². The molecule has 1 N–H and O–H groups in total. The van der Waals surface area contributed by atoms with Gasteiger partial charge in [-0.05, 0) is 31.7 Å². The van der Waals surface area contributed by atoms with Gasteiger partial charge in [-0.15, -0.1) is 0 Å². The van der Waals surface area contributed by atoms with Crippen LogP contribution in [0.1, 0.15) is 29.4 Å². The number of carbonyl (C=O) groups is 2. The van der Waals surface area contributed by atoms with Crippen molar-refractivity contribution in [2.75, 3.05) is 6.61 Å². The Morgan fingerprint density at radius 3 is 2.80 bits per heavy atom. The summed E-state index contributed by atoms with van der Waals surface area (Å²) in [5.74, 6) is -0.560. The minimum Gasteiger partial charge on any atom is -0.451 e. The fourth-order valence-corrected chi connectivity index (χ4v) is 2.46. The highest BCUT2D eigenvalue weighted by Gasteiger charge is 2.29. The van der Waals surface area contributed by atoms with Crippen LogP contribution in [0.2, 0.25) is 0 Å². The number of carbonyl (C=O) groups excluding carboxylic acids is 2. The van der Waals surface area contributed by atoms with Gasteiger partial charge in [0, 0.05) is 12.1 Å². The van der Waals surface area contributed by atoms with E-state index in [-0.39, 0.29) is 28.4 Å². The van der Waals surface area contributed by atoms with Gasteiger partial charge in [0.05, 0.1) is 4.92 Å². The SMILES string of the molecule is C[C@@H](NC(=O)COC(=O)c1ccc([N+](=O)[O-])s1)C1CC1. The Morgan fingerprint density at radius 2 is 2.25 bits per heavy atom. The van der Waals surface area contributed by atoms with E-state index in [1.165, 1.54) is 12.1 Å². The molecule has 1 fully saturated rings. The Hall–Kier alpha value is -1.96. The molecule has 2 rings (SSSR count). The number of nitrogens with zero attached hydrogens (tertiary/aromatic N) is 1. The molecule has 1 aliphatic rings. The quantitative estimate of drug-likeness (QED) is 0.490. The lowest BCUT2D eigenvalue weighted by Gasteiger charge is -2.12. The largest absolute Gasteiger partial charge is 0.451 e. The summed E-state index contributed by atoms with van der Waals surface area (Å²) in [6, 6.07) is 2.64. The van der Waals surface area contributed by atoms with Crippen LogP contribution in [0.15, 0.2) is 12.1 Å². The van der Waals surface area contributed by atoms with E-state index in [0.29, 0.717) is 5.92 Å². The standard InChI is InChI=1S/C12H14N2O5S/c1-7(8-2-3-8)13-10(15)6-19-12(16)9-4-5-11(20-9)14(17)18/h4-5,7-8H,2-3,6H2,1H3,(H,13,15)/t7-/m1/s1. The molecule has 0 aromatic carbocycles. The summed E-state index contributed by atoms with van der Waals surface area (Å²) in [6.45, 7) is 1.54. The van der Waals surface area contributed by atoms with Crippen LogP contribution in [-0.4, -0.2) is 29.4 Å². The predicted molar refractivity (Wildman–Crippen MR) is 71.6 cm³/mol. The molecule has 1 saturated carbocycles. The zero-order valence-electron chi connectivity index (χ0n) is 10.8. The Morgan fingerprint density at radius 1 is 1.55 bits per heavy atom. The summed E-state index contributed by atoms with van der Waals surface area (Å²) < 4.78 is 4.82. The first kappa shape index (κ1) is 14.4. The fraction of sp³-hybridized carbons (Fsp3) is 0.500. The van der Waals surface area contributed by atoms with Crippen LogP contribution in [0.25, 0.3) is 0 Å². The van der Waals surface area contributed by atoms with Gasteiger partial charge in [-0.25, -0.2) is 4.79 Å². The predicted octanol–water partition coefficient (Wildman–Crippen LogP) is 1.73. The summed E-state index contributed by atoms with van der Waals surface area (Å²) in [4.78, 5) is 33.2. The van der Waals surface area contributed by atoms with Crippen LogP contribution in [0.4, 0.5) is 5.00 Å². The molecule has 0 saturated heterocycles. The Bertz CT molecular complexity index is 538. The van der Waals surface area contributed by atoms with Gasteiger partial charge in [-0.3, -0.25) is 14.9 Å². The maximum absolute atomic E-state index is 11.6. The van der Waals surface area contributed by atoms with Gasteiger partial charge in [-0.2, -0.15) is 0 Å². The van der Waals surface area contributed by atoms with Crippen LogP contribution < -0.4 is 5.32 Å². The van der Waals surface area contributed by atoms with Crippen LogP contribution in [0.3, 0.4) is 0 Å². The van der Waals surface area contributed by atoms with Crippen LogP contribution in [0.5, 0.6) is 0 Å². The van der Waals surface area contributed by atoms with E-state index in [1.54, 1.807) is 0 Å². The number of nitro groups is 1. The van der Waals surface area contributed by atoms with Gasteiger partial charge in [0.1, 0.15) is 4.88 Å². The highest BCUT2D eigenvalue weighted by molar-refractivity contribution is 7.17. The second-order valence-corrected chi connectivity index (χ2v) is 5.73. The van der Waals surface area contributed by atoms with Gasteiger partial charge in [0.25, 0.3) is 5.91 Å². The number of esters is 1. The first-order chi connectivity index (χ1) is 9.47. The lowest BCUT2D eigenvalue weighted by molar-refractivity contribution is -0.380. The molecule has 0 bridgehead atoms. The molecule has 1 aliphatic carbocycles. The summed E-state index contributed by atoms with van der Waals surface area (Å²) in [7, 11) is 0. The van der Waals surface area contributed by atoms with Crippen molar-refractivity contribution in [1.29, 1.82) is 0 Å². The maximum Gasteiger partial charge on any atom is 0.349 e. The third-order valence-corrected chi connectivity index (χ3v) is 4.04. The molecule has 1 heterocycles. The number of amides is 1. The second kappa shape index (κ2) is 6.00. The van der Waals surface area contributed by atoms with Gasteiger partial charge in [0.15, 0.2) is 6.61 Å². The average molecular weight is 298 g/mol. The molecule has 1 aromatic heterocycles. The summed E-state index contributed by atoms with van der Waals surface area (Å²) in [6.07, 6.45) is 2.22. The van der Waals surface area contributed by atoms with Crippen molar-refractivity contribution in [3.63, 3.8) is 0 Å². The fourth-order valence-electron chi connectivity index (χ4n) is 1.75. The number of ether oxygens (including phenoxy) is 1. The molecular formula is C12H14N2O5S. The zero-order valence-corrected chi connectivity index (χ0v) is 11.6. The third kappa shape index (κ3) is 3.77. The number of nitrogens with one attached hydrogen (secondary N) is 1. The molecule has 8 heteroatoms. The minimum absolute atomic E-state index is 0.0871.